The molecule has 0 bridgehead atoms. The molecule has 0 aliphatic carbocycles. The van der Waals surface area contributed by atoms with Crippen molar-refractivity contribution >= 4 is 17.7 Å². The first-order valence-corrected chi connectivity index (χ1v) is 8.95. The summed E-state index contributed by atoms with van der Waals surface area (Å²) in [6.45, 7) is 3.76. The van der Waals surface area contributed by atoms with Crippen molar-refractivity contribution in [2.24, 2.45) is 10.9 Å². The zero-order valence-electron chi connectivity index (χ0n) is 13.6. The molecule has 1 aliphatic heterocycles. The van der Waals surface area contributed by atoms with Gasteiger partial charge in [0.2, 0.25) is 0 Å². The molecule has 1 heterocycles. The van der Waals surface area contributed by atoms with Crippen molar-refractivity contribution in [1.29, 1.82) is 0 Å². The first kappa shape index (κ1) is 17.2. The van der Waals surface area contributed by atoms with Crippen LogP contribution >= 0.6 is 11.8 Å². The van der Waals surface area contributed by atoms with Crippen molar-refractivity contribution in [2.75, 3.05) is 46.2 Å². The number of ether oxygens (including phenoxy) is 1. The number of nitrogens with zero attached hydrogens (tertiary/aromatic N) is 2. The Bertz CT molecular complexity index is 446. The van der Waals surface area contributed by atoms with Gasteiger partial charge in [-0.25, -0.2) is 0 Å². The summed E-state index contributed by atoms with van der Waals surface area (Å²) in [6, 6.07) is 10.6. The molecule has 22 heavy (non-hydrogen) atoms. The lowest BCUT2D eigenvalue weighted by Gasteiger charge is -2.24. The van der Waals surface area contributed by atoms with Crippen LogP contribution in [0.15, 0.2) is 40.2 Å². The Labute approximate surface area is 138 Å². The van der Waals surface area contributed by atoms with Crippen LogP contribution in [-0.4, -0.2) is 57.0 Å². The Balaban J connectivity index is 1.61. The fourth-order valence-corrected chi connectivity index (χ4v) is 3.44. The molecule has 1 atom stereocenters. The largest absolute Gasteiger partial charge is 0.381 e. The highest BCUT2D eigenvalue weighted by Crippen LogP contribution is 2.17. The number of hydrogen-bond donors (Lipinski definition) is 1. The molecule has 0 saturated carbocycles. The van der Waals surface area contributed by atoms with Crippen molar-refractivity contribution in [1.82, 2.24) is 10.2 Å². The summed E-state index contributed by atoms with van der Waals surface area (Å²) in [7, 11) is 3.95. The molecule has 1 aliphatic rings. The van der Waals surface area contributed by atoms with Gasteiger partial charge >= 0.3 is 0 Å². The molecule has 0 amide bonds. The molecule has 0 radical (unpaired) electrons. The predicted octanol–water partition coefficient (Wildman–Crippen LogP) is 2.71. The SMILES string of the molecule is CN=C(NCCCSc1ccccc1)N(C)CC1CCOC1. The number of benzene rings is 1. The lowest BCUT2D eigenvalue weighted by atomic mass is 10.1. The first-order chi connectivity index (χ1) is 10.8. The second kappa shape index (κ2) is 9.74. The predicted molar refractivity (Wildman–Crippen MR) is 94.7 cm³/mol. The summed E-state index contributed by atoms with van der Waals surface area (Å²) in [5.74, 6) is 2.74. The van der Waals surface area contributed by atoms with Crippen LogP contribution in [0.2, 0.25) is 0 Å². The summed E-state index contributed by atoms with van der Waals surface area (Å²) in [4.78, 5) is 7.92. The minimum atomic E-state index is 0.636. The van der Waals surface area contributed by atoms with Crippen molar-refractivity contribution < 1.29 is 4.74 Å². The van der Waals surface area contributed by atoms with E-state index >= 15 is 0 Å². The Hall–Kier alpha value is -1.20. The van der Waals surface area contributed by atoms with Gasteiger partial charge in [0.05, 0.1) is 6.61 Å². The number of nitrogens with one attached hydrogen (secondary N) is 1. The van der Waals surface area contributed by atoms with Gasteiger partial charge in [0.15, 0.2) is 5.96 Å². The van der Waals surface area contributed by atoms with Gasteiger partial charge in [0, 0.05) is 44.6 Å². The van der Waals surface area contributed by atoms with E-state index in [-0.39, 0.29) is 0 Å². The van der Waals surface area contributed by atoms with E-state index in [1.807, 2.05) is 18.8 Å². The van der Waals surface area contributed by atoms with Gasteiger partial charge in [0.1, 0.15) is 0 Å². The van der Waals surface area contributed by atoms with Crippen molar-refractivity contribution in [3.63, 3.8) is 0 Å². The van der Waals surface area contributed by atoms with E-state index in [4.69, 9.17) is 4.74 Å². The van der Waals surface area contributed by atoms with Crippen molar-refractivity contribution in [3.8, 4) is 0 Å². The minimum Gasteiger partial charge on any atom is -0.381 e. The van der Waals surface area contributed by atoms with Crippen LogP contribution in [0.1, 0.15) is 12.8 Å². The molecule has 4 nitrogen and oxygen atoms in total. The highest BCUT2D eigenvalue weighted by atomic mass is 32.2. The van der Waals surface area contributed by atoms with Gasteiger partial charge in [-0.1, -0.05) is 18.2 Å². The third-order valence-corrected chi connectivity index (χ3v) is 4.84. The van der Waals surface area contributed by atoms with Crippen molar-refractivity contribution in [2.45, 2.75) is 17.7 Å². The van der Waals surface area contributed by atoms with Gasteiger partial charge in [-0.15, -0.1) is 11.8 Å². The Morgan fingerprint density at radius 2 is 2.23 bits per heavy atom. The first-order valence-electron chi connectivity index (χ1n) is 7.97. The van der Waals surface area contributed by atoms with E-state index in [1.165, 1.54) is 4.90 Å². The van der Waals surface area contributed by atoms with Gasteiger partial charge in [-0.05, 0) is 30.7 Å². The molecule has 1 N–H and O–H groups in total. The zero-order valence-corrected chi connectivity index (χ0v) is 14.4. The topological polar surface area (TPSA) is 36.9 Å². The number of thioether (sulfide) groups is 1. The molecular formula is C17H27N3OS. The van der Waals surface area contributed by atoms with Crippen LogP contribution < -0.4 is 5.32 Å². The van der Waals surface area contributed by atoms with Crippen LogP contribution in [0.3, 0.4) is 0 Å². The highest BCUT2D eigenvalue weighted by molar-refractivity contribution is 7.99. The smallest absolute Gasteiger partial charge is 0.193 e. The molecule has 0 aromatic heterocycles. The zero-order chi connectivity index (χ0) is 15.6. The molecule has 1 aromatic rings. The average molecular weight is 321 g/mol. The second-order valence-corrected chi connectivity index (χ2v) is 6.77. The number of guanidine groups is 1. The maximum atomic E-state index is 5.44. The molecule has 122 valence electrons. The Morgan fingerprint density at radius 1 is 1.41 bits per heavy atom. The van der Waals surface area contributed by atoms with Crippen LogP contribution in [0.25, 0.3) is 0 Å². The van der Waals surface area contributed by atoms with Gasteiger partial charge in [-0.3, -0.25) is 4.99 Å². The fourth-order valence-electron chi connectivity index (χ4n) is 2.56. The summed E-state index contributed by atoms with van der Waals surface area (Å²) >= 11 is 1.90. The van der Waals surface area contributed by atoms with Crippen molar-refractivity contribution in [3.05, 3.63) is 30.3 Å². The Morgan fingerprint density at radius 3 is 2.91 bits per heavy atom. The van der Waals surface area contributed by atoms with E-state index in [2.05, 4.69) is 52.6 Å². The highest BCUT2D eigenvalue weighted by Gasteiger charge is 2.18. The van der Waals surface area contributed by atoms with Gasteiger partial charge in [0.25, 0.3) is 0 Å². The number of hydrogen-bond acceptors (Lipinski definition) is 3. The molecule has 2 rings (SSSR count). The van der Waals surface area contributed by atoms with E-state index in [0.29, 0.717) is 5.92 Å². The third-order valence-electron chi connectivity index (χ3n) is 3.75. The van der Waals surface area contributed by atoms with E-state index in [9.17, 15) is 0 Å². The van der Waals surface area contributed by atoms with Crippen LogP contribution in [0, 0.1) is 5.92 Å². The molecule has 1 saturated heterocycles. The quantitative estimate of drug-likeness (QED) is 0.363. The number of aliphatic imine (C=N–C) groups is 1. The van der Waals surface area contributed by atoms with E-state index in [0.717, 1.165) is 50.9 Å². The van der Waals surface area contributed by atoms with Crippen LogP contribution in [0.4, 0.5) is 0 Å². The van der Waals surface area contributed by atoms with Crippen LogP contribution in [-0.2, 0) is 4.74 Å². The monoisotopic (exact) mass is 321 g/mol. The van der Waals surface area contributed by atoms with Gasteiger partial charge in [-0.2, -0.15) is 0 Å². The minimum absolute atomic E-state index is 0.636. The summed E-state index contributed by atoms with van der Waals surface area (Å²) in [6.07, 6.45) is 2.29. The van der Waals surface area contributed by atoms with Crippen LogP contribution in [0.5, 0.6) is 0 Å². The summed E-state index contributed by atoms with van der Waals surface area (Å²) in [5, 5.41) is 3.45. The number of rotatable bonds is 7. The van der Waals surface area contributed by atoms with E-state index in [1.54, 1.807) is 0 Å². The summed E-state index contributed by atoms with van der Waals surface area (Å²) < 4.78 is 5.44. The molecular weight excluding hydrogens is 294 g/mol. The molecule has 0 spiro atoms. The Kier molecular flexibility index (Phi) is 7.60. The molecule has 1 aromatic carbocycles. The molecule has 1 fully saturated rings. The molecule has 5 heteroatoms. The third kappa shape index (κ3) is 5.89. The lowest BCUT2D eigenvalue weighted by molar-refractivity contribution is 0.181. The fraction of sp³-hybridized carbons (Fsp3) is 0.588. The lowest BCUT2D eigenvalue weighted by Crippen LogP contribution is -2.41. The standard InChI is InChI=1S/C17H27N3OS/c1-18-17(20(2)13-15-9-11-21-14-15)19-10-6-12-22-16-7-4-3-5-8-16/h3-5,7-8,15H,6,9-14H2,1-2H3,(H,18,19). The average Bonchev–Trinajstić information content (AvgIpc) is 3.04. The summed E-state index contributed by atoms with van der Waals surface area (Å²) in [5.41, 5.74) is 0. The normalized spacial score (nSPS) is 18.5. The van der Waals surface area contributed by atoms with E-state index < -0.39 is 0 Å². The maximum Gasteiger partial charge on any atom is 0.193 e. The maximum absolute atomic E-state index is 5.44. The molecule has 1 unspecified atom stereocenters. The second-order valence-electron chi connectivity index (χ2n) is 5.60. The van der Waals surface area contributed by atoms with Gasteiger partial charge < -0.3 is 15.0 Å².